The van der Waals surface area contributed by atoms with Gasteiger partial charge in [-0.3, -0.25) is 14.9 Å². The van der Waals surface area contributed by atoms with Crippen LogP contribution in [0, 0.1) is 13.7 Å². The van der Waals surface area contributed by atoms with Crippen LogP contribution < -0.4 is 10.2 Å². The van der Waals surface area contributed by atoms with Gasteiger partial charge in [-0.2, -0.15) is 5.10 Å². The summed E-state index contributed by atoms with van der Waals surface area (Å²) in [4.78, 5) is 22.2. The lowest BCUT2D eigenvalue weighted by Gasteiger charge is -2.05. The van der Waals surface area contributed by atoms with Gasteiger partial charge in [-0.05, 0) is 62.8 Å². The lowest BCUT2D eigenvalue weighted by atomic mass is 10.2. The van der Waals surface area contributed by atoms with E-state index in [2.05, 4.69) is 49.0 Å². The van der Waals surface area contributed by atoms with Gasteiger partial charge in [-0.15, -0.1) is 0 Å². The molecule has 2 aromatic rings. The molecule has 0 aromatic heterocycles. The van der Waals surface area contributed by atoms with Crippen LogP contribution in [0.25, 0.3) is 0 Å². The van der Waals surface area contributed by atoms with E-state index in [1.165, 1.54) is 19.4 Å². The van der Waals surface area contributed by atoms with Crippen molar-refractivity contribution in [3.05, 3.63) is 59.6 Å². The van der Waals surface area contributed by atoms with Crippen LogP contribution in [0.1, 0.15) is 15.9 Å². The van der Waals surface area contributed by atoms with Crippen LogP contribution in [0.5, 0.6) is 11.5 Å². The summed E-state index contributed by atoms with van der Waals surface area (Å²) in [6.45, 7) is 0. The Morgan fingerprint density at radius 1 is 1.44 bits per heavy atom. The molecular weight excluding hydrogens is 509 g/mol. The number of nitrogens with zero attached hydrogens (tertiary/aromatic N) is 2. The molecule has 0 saturated carbocycles. The number of hydrogen-bond donors (Lipinski definition) is 2. The second-order valence-corrected chi connectivity index (χ2v) is 6.69. The van der Waals surface area contributed by atoms with Gasteiger partial charge in [0.1, 0.15) is 5.75 Å². The number of phenols is 1. The highest BCUT2D eigenvalue weighted by molar-refractivity contribution is 14.1. The third-order valence-corrected chi connectivity index (χ3v) is 4.55. The van der Waals surface area contributed by atoms with Crippen molar-refractivity contribution in [2.75, 3.05) is 7.11 Å². The molecule has 2 rings (SSSR count). The zero-order valence-corrected chi connectivity index (χ0v) is 16.4. The summed E-state index contributed by atoms with van der Waals surface area (Å²) in [5.41, 5.74) is 2.54. The first-order chi connectivity index (χ1) is 11.8. The molecule has 0 saturated heterocycles. The number of hydrazone groups is 1. The fraction of sp³-hybridized carbons (Fsp3) is 0.0667. The second-order valence-electron chi connectivity index (χ2n) is 4.68. The lowest BCUT2D eigenvalue weighted by Crippen LogP contribution is -2.17. The molecule has 0 atom stereocenters. The molecule has 0 radical (unpaired) electrons. The number of carbonyl (C=O) groups is 1. The molecule has 10 heteroatoms. The highest BCUT2D eigenvalue weighted by atomic mass is 127. The minimum Gasteiger partial charge on any atom is -0.501 e. The second kappa shape index (κ2) is 8.25. The maximum Gasteiger partial charge on any atom is 0.312 e. The van der Waals surface area contributed by atoms with Gasteiger partial charge >= 0.3 is 5.69 Å². The first-order valence-corrected chi connectivity index (χ1v) is 8.54. The summed E-state index contributed by atoms with van der Waals surface area (Å²) in [5, 5.41) is 24.3. The van der Waals surface area contributed by atoms with E-state index in [9.17, 15) is 20.0 Å². The summed E-state index contributed by atoms with van der Waals surface area (Å²) in [7, 11) is 1.51. The normalized spacial score (nSPS) is 10.7. The number of aromatic hydroxyl groups is 1. The minimum atomic E-state index is -0.714. The van der Waals surface area contributed by atoms with Gasteiger partial charge in [0, 0.05) is 17.2 Å². The molecule has 0 heterocycles. The van der Waals surface area contributed by atoms with E-state index in [4.69, 9.17) is 4.74 Å². The molecule has 2 aromatic carbocycles. The Morgan fingerprint density at radius 2 is 2.16 bits per heavy atom. The predicted molar refractivity (Wildman–Crippen MR) is 103 cm³/mol. The molecule has 0 fully saturated rings. The van der Waals surface area contributed by atoms with E-state index in [0.717, 1.165) is 9.64 Å². The molecule has 25 heavy (non-hydrogen) atoms. The lowest BCUT2D eigenvalue weighted by molar-refractivity contribution is -0.386. The fourth-order valence-corrected chi connectivity index (χ4v) is 2.87. The first-order valence-electron chi connectivity index (χ1n) is 6.67. The molecule has 0 bridgehead atoms. The van der Waals surface area contributed by atoms with Gasteiger partial charge < -0.3 is 9.84 Å². The summed E-state index contributed by atoms with van der Waals surface area (Å²) < 4.78 is 6.16. The zero-order valence-electron chi connectivity index (χ0n) is 12.7. The van der Waals surface area contributed by atoms with Crippen LogP contribution in [-0.4, -0.2) is 29.3 Å². The topological polar surface area (TPSA) is 114 Å². The van der Waals surface area contributed by atoms with Crippen LogP contribution in [0.3, 0.4) is 0 Å². The van der Waals surface area contributed by atoms with E-state index in [1.807, 2.05) is 0 Å². The fourth-order valence-electron chi connectivity index (χ4n) is 1.85. The molecular formula is C15H11BrIN3O5. The maximum atomic E-state index is 12.1. The quantitative estimate of drug-likeness (QED) is 0.272. The molecule has 0 aliphatic heterocycles. The number of phenolic OH excluding ortho intramolecular Hbond substituents is 1. The Balaban J connectivity index is 2.16. The number of halogens is 2. The number of nitrogens with one attached hydrogen (secondary N) is 1. The van der Waals surface area contributed by atoms with Crippen molar-refractivity contribution in [2.45, 2.75) is 0 Å². The van der Waals surface area contributed by atoms with E-state index in [0.29, 0.717) is 16.9 Å². The van der Waals surface area contributed by atoms with Crippen LogP contribution in [-0.2, 0) is 0 Å². The van der Waals surface area contributed by atoms with Gasteiger partial charge in [-0.1, -0.05) is 0 Å². The molecule has 0 spiro atoms. The average molecular weight is 520 g/mol. The third-order valence-electron chi connectivity index (χ3n) is 3.06. The number of methoxy groups -OCH3 is 1. The van der Waals surface area contributed by atoms with E-state index in [-0.39, 0.29) is 4.47 Å². The molecule has 0 aliphatic carbocycles. The number of hydrogen-bond acceptors (Lipinski definition) is 6. The standard InChI is InChI=1S/C15H11BrIN3O5/c1-25-13-6-9(2-3-11(13)17)15(22)19-18-7-8-4-10(16)14(21)12(5-8)20(23)24/h2-7,21H,1H3,(H,19,22). The number of benzene rings is 2. The van der Waals surface area contributed by atoms with Crippen LogP contribution in [0.15, 0.2) is 39.9 Å². The number of rotatable bonds is 5. The van der Waals surface area contributed by atoms with E-state index in [1.54, 1.807) is 18.2 Å². The van der Waals surface area contributed by atoms with Gasteiger partial charge in [-0.25, -0.2) is 5.43 Å². The maximum absolute atomic E-state index is 12.1. The SMILES string of the molecule is COc1cc(C(=O)NN=Cc2cc(Br)c(O)c([N+](=O)[O-])c2)ccc1I. The van der Waals surface area contributed by atoms with Crippen LogP contribution in [0.2, 0.25) is 0 Å². The predicted octanol–water partition coefficient (Wildman–Crippen LogP) is 3.44. The van der Waals surface area contributed by atoms with Crippen LogP contribution >= 0.6 is 38.5 Å². The Labute approximate surface area is 164 Å². The first kappa shape index (κ1) is 19.1. The molecule has 130 valence electrons. The minimum absolute atomic E-state index is 0.150. The smallest absolute Gasteiger partial charge is 0.312 e. The molecule has 0 unspecified atom stereocenters. The summed E-state index contributed by atoms with van der Waals surface area (Å²) in [6, 6.07) is 7.51. The molecule has 2 N–H and O–H groups in total. The average Bonchev–Trinajstić information content (AvgIpc) is 2.57. The Morgan fingerprint density at radius 3 is 2.80 bits per heavy atom. The van der Waals surface area contributed by atoms with Crippen molar-refractivity contribution < 1.29 is 19.6 Å². The number of carbonyl (C=O) groups excluding carboxylic acids is 1. The Bertz CT molecular complexity index is 872. The van der Waals surface area contributed by atoms with Crippen molar-refractivity contribution in [1.29, 1.82) is 0 Å². The summed E-state index contributed by atoms with van der Waals surface area (Å²) in [6.07, 6.45) is 1.24. The monoisotopic (exact) mass is 519 g/mol. The van der Waals surface area contributed by atoms with Crippen LogP contribution in [0.4, 0.5) is 5.69 Å². The van der Waals surface area contributed by atoms with Crippen molar-refractivity contribution in [1.82, 2.24) is 5.43 Å². The molecule has 1 amide bonds. The third kappa shape index (κ3) is 4.66. The van der Waals surface area contributed by atoms with Crippen molar-refractivity contribution in [3.8, 4) is 11.5 Å². The molecule has 0 aliphatic rings. The summed E-state index contributed by atoms with van der Waals surface area (Å²) in [5.74, 6) is -0.370. The summed E-state index contributed by atoms with van der Waals surface area (Å²) >= 11 is 5.11. The van der Waals surface area contributed by atoms with E-state index >= 15 is 0 Å². The number of nitro groups is 1. The van der Waals surface area contributed by atoms with Gasteiger partial charge in [0.05, 0.1) is 26.3 Å². The molecule has 8 nitrogen and oxygen atoms in total. The van der Waals surface area contributed by atoms with Crippen molar-refractivity contribution in [3.63, 3.8) is 0 Å². The van der Waals surface area contributed by atoms with E-state index < -0.39 is 22.3 Å². The number of ether oxygens (including phenoxy) is 1. The number of amides is 1. The van der Waals surface area contributed by atoms with Gasteiger partial charge in [0.15, 0.2) is 0 Å². The van der Waals surface area contributed by atoms with Crippen molar-refractivity contribution >= 4 is 56.3 Å². The van der Waals surface area contributed by atoms with Crippen molar-refractivity contribution in [2.24, 2.45) is 5.10 Å². The van der Waals surface area contributed by atoms with Gasteiger partial charge in [0.25, 0.3) is 5.91 Å². The Hall–Kier alpha value is -2.21. The Kier molecular flexibility index (Phi) is 6.31. The highest BCUT2D eigenvalue weighted by Crippen LogP contribution is 2.34. The number of nitro benzene ring substituents is 1. The zero-order chi connectivity index (χ0) is 18.6. The van der Waals surface area contributed by atoms with Gasteiger partial charge in [0.2, 0.25) is 5.75 Å². The largest absolute Gasteiger partial charge is 0.501 e. The highest BCUT2D eigenvalue weighted by Gasteiger charge is 2.17.